The van der Waals surface area contributed by atoms with Gasteiger partial charge in [-0.1, -0.05) is 22.0 Å². The maximum absolute atomic E-state index is 12.4. The number of amides is 1. The van der Waals surface area contributed by atoms with Gasteiger partial charge in [-0.25, -0.2) is 0 Å². The van der Waals surface area contributed by atoms with Gasteiger partial charge in [0.2, 0.25) is 0 Å². The number of rotatable bonds is 3. The molecule has 5 heteroatoms. The van der Waals surface area contributed by atoms with Gasteiger partial charge in [0.05, 0.1) is 5.69 Å². The van der Waals surface area contributed by atoms with Gasteiger partial charge in [-0.05, 0) is 43.5 Å². The summed E-state index contributed by atoms with van der Waals surface area (Å²) in [6.45, 7) is 2.01. The van der Waals surface area contributed by atoms with Gasteiger partial charge in [-0.15, -0.1) is 0 Å². The number of benzene rings is 1. The number of nitrogen functional groups attached to an aromatic ring is 1. The number of nitrogens with two attached hydrogens (primary N) is 1. The van der Waals surface area contributed by atoms with Crippen molar-refractivity contribution in [2.75, 3.05) is 11.1 Å². The lowest BCUT2D eigenvalue weighted by Crippen LogP contribution is -2.16. The molecule has 0 unspecified atom stereocenters. The van der Waals surface area contributed by atoms with Crippen molar-refractivity contribution in [2.45, 2.75) is 25.8 Å². The molecule has 1 aliphatic rings. The number of nitrogens with one attached hydrogen (secondary N) is 1. The highest BCUT2D eigenvalue weighted by Crippen LogP contribution is 2.37. The van der Waals surface area contributed by atoms with E-state index in [0.717, 1.165) is 28.6 Å². The summed E-state index contributed by atoms with van der Waals surface area (Å²) in [6.07, 6.45) is 4.08. The maximum Gasteiger partial charge on any atom is 0.272 e. The predicted molar refractivity (Wildman–Crippen MR) is 83.9 cm³/mol. The summed E-state index contributed by atoms with van der Waals surface area (Å²) in [6, 6.07) is 7.93. The lowest BCUT2D eigenvalue weighted by Gasteiger charge is -2.09. The van der Waals surface area contributed by atoms with Crippen molar-refractivity contribution < 1.29 is 4.79 Å². The summed E-state index contributed by atoms with van der Waals surface area (Å²) in [5.74, 6) is -0.121. The molecule has 20 heavy (non-hydrogen) atoms. The van der Waals surface area contributed by atoms with Gasteiger partial charge in [-0.3, -0.25) is 4.79 Å². The second kappa shape index (κ2) is 4.98. The lowest BCUT2D eigenvalue weighted by molar-refractivity contribution is 0.101. The summed E-state index contributed by atoms with van der Waals surface area (Å²) in [4.78, 5) is 12.4. The van der Waals surface area contributed by atoms with Crippen LogP contribution in [0.2, 0.25) is 0 Å². The van der Waals surface area contributed by atoms with Crippen LogP contribution in [0.1, 0.15) is 34.9 Å². The fourth-order valence-electron chi connectivity index (χ4n) is 2.20. The first-order chi connectivity index (χ1) is 9.54. The van der Waals surface area contributed by atoms with E-state index in [1.807, 2.05) is 35.9 Å². The Morgan fingerprint density at radius 3 is 2.80 bits per heavy atom. The standard InChI is InChI=1S/C15H16BrN3O/c1-9-2-3-11(7-13(9)16)18-15(20)14-6-10(17)8-19(14)12-4-5-12/h2-3,6-8,12H,4-5,17H2,1H3,(H,18,20). The zero-order chi connectivity index (χ0) is 14.3. The van der Waals surface area contributed by atoms with Crippen molar-refractivity contribution in [2.24, 2.45) is 0 Å². The molecule has 1 heterocycles. The molecule has 0 aliphatic heterocycles. The van der Waals surface area contributed by atoms with Crippen molar-refractivity contribution >= 4 is 33.2 Å². The first kappa shape index (κ1) is 13.2. The number of carbonyl (C=O) groups is 1. The Labute approximate surface area is 126 Å². The minimum absolute atomic E-state index is 0.121. The molecular formula is C15H16BrN3O. The van der Waals surface area contributed by atoms with Crippen molar-refractivity contribution in [3.63, 3.8) is 0 Å². The van der Waals surface area contributed by atoms with Gasteiger partial charge in [0.1, 0.15) is 5.69 Å². The van der Waals surface area contributed by atoms with Crippen LogP contribution >= 0.6 is 15.9 Å². The van der Waals surface area contributed by atoms with Gasteiger partial charge in [0, 0.05) is 22.4 Å². The summed E-state index contributed by atoms with van der Waals surface area (Å²) >= 11 is 3.47. The highest BCUT2D eigenvalue weighted by molar-refractivity contribution is 9.10. The highest BCUT2D eigenvalue weighted by atomic mass is 79.9. The highest BCUT2D eigenvalue weighted by Gasteiger charge is 2.27. The van der Waals surface area contributed by atoms with Crippen LogP contribution in [-0.2, 0) is 0 Å². The van der Waals surface area contributed by atoms with Crippen LogP contribution in [0.3, 0.4) is 0 Å². The zero-order valence-corrected chi connectivity index (χ0v) is 12.8. The second-order valence-electron chi connectivity index (χ2n) is 5.22. The second-order valence-corrected chi connectivity index (χ2v) is 6.07. The monoisotopic (exact) mass is 333 g/mol. The molecule has 1 saturated carbocycles. The van der Waals surface area contributed by atoms with Crippen LogP contribution < -0.4 is 11.1 Å². The number of nitrogens with zero attached hydrogens (tertiary/aromatic N) is 1. The van der Waals surface area contributed by atoms with Gasteiger partial charge < -0.3 is 15.6 Å². The number of halogens is 1. The van der Waals surface area contributed by atoms with Gasteiger partial charge in [-0.2, -0.15) is 0 Å². The van der Waals surface area contributed by atoms with E-state index in [1.54, 1.807) is 6.07 Å². The van der Waals surface area contributed by atoms with Crippen LogP contribution in [0.15, 0.2) is 34.9 Å². The topological polar surface area (TPSA) is 60.1 Å². The lowest BCUT2D eigenvalue weighted by atomic mass is 10.2. The fourth-order valence-corrected chi connectivity index (χ4v) is 2.58. The van der Waals surface area contributed by atoms with E-state index in [1.165, 1.54) is 0 Å². The van der Waals surface area contributed by atoms with E-state index < -0.39 is 0 Å². The molecule has 0 spiro atoms. The van der Waals surface area contributed by atoms with Crippen molar-refractivity contribution in [1.29, 1.82) is 0 Å². The molecule has 104 valence electrons. The molecule has 2 aromatic rings. The summed E-state index contributed by atoms with van der Waals surface area (Å²) in [5, 5.41) is 2.92. The summed E-state index contributed by atoms with van der Waals surface area (Å²) in [7, 11) is 0. The van der Waals surface area contributed by atoms with Crippen molar-refractivity contribution in [3.8, 4) is 0 Å². The van der Waals surface area contributed by atoms with Crippen LogP contribution in [0.4, 0.5) is 11.4 Å². The Morgan fingerprint density at radius 2 is 2.15 bits per heavy atom. The van der Waals surface area contributed by atoms with Crippen LogP contribution in [0, 0.1) is 6.92 Å². The molecule has 0 bridgehead atoms. The quantitative estimate of drug-likeness (QED) is 0.898. The summed E-state index contributed by atoms with van der Waals surface area (Å²) in [5.41, 5.74) is 8.98. The van der Waals surface area contributed by atoms with E-state index in [4.69, 9.17) is 5.73 Å². The maximum atomic E-state index is 12.4. The Hall–Kier alpha value is -1.75. The van der Waals surface area contributed by atoms with Crippen molar-refractivity contribution in [3.05, 3.63) is 46.2 Å². The minimum atomic E-state index is -0.121. The Morgan fingerprint density at radius 1 is 1.40 bits per heavy atom. The first-order valence-corrected chi connectivity index (χ1v) is 7.39. The van der Waals surface area contributed by atoms with Crippen LogP contribution in [0.5, 0.6) is 0 Å². The zero-order valence-electron chi connectivity index (χ0n) is 11.2. The minimum Gasteiger partial charge on any atom is -0.397 e. The third-order valence-corrected chi connectivity index (χ3v) is 4.33. The number of hydrogen-bond donors (Lipinski definition) is 2. The average molecular weight is 334 g/mol. The molecule has 1 aromatic carbocycles. The molecule has 1 fully saturated rings. The molecule has 4 nitrogen and oxygen atoms in total. The number of aryl methyl sites for hydroxylation is 1. The van der Waals surface area contributed by atoms with Gasteiger partial charge >= 0.3 is 0 Å². The molecule has 1 aromatic heterocycles. The smallest absolute Gasteiger partial charge is 0.272 e. The van der Waals surface area contributed by atoms with Crippen molar-refractivity contribution in [1.82, 2.24) is 4.57 Å². The average Bonchev–Trinajstić information content (AvgIpc) is 3.17. The molecule has 3 N–H and O–H groups in total. The van der Waals surface area contributed by atoms with E-state index in [2.05, 4.69) is 21.2 Å². The summed E-state index contributed by atoms with van der Waals surface area (Å²) < 4.78 is 2.96. The van der Waals surface area contributed by atoms with Crippen LogP contribution in [0.25, 0.3) is 0 Å². The van der Waals surface area contributed by atoms with Crippen LogP contribution in [-0.4, -0.2) is 10.5 Å². The number of anilines is 2. The van der Waals surface area contributed by atoms with Gasteiger partial charge in [0.15, 0.2) is 0 Å². The SMILES string of the molecule is Cc1ccc(NC(=O)c2cc(N)cn2C2CC2)cc1Br. The van der Waals surface area contributed by atoms with E-state index in [9.17, 15) is 4.79 Å². The largest absolute Gasteiger partial charge is 0.397 e. The van der Waals surface area contributed by atoms with E-state index in [0.29, 0.717) is 17.4 Å². The molecule has 3 rings (SSSR count). The van der Waals surface area contributed by atoms with E-state index >= 15 is 0 Å². The Balaban J connectivity index is 1.84. The number of aromatic nitrogens is 1. The Bertz CT molecular complexity index is 674. The normalized spacial score (nSPS) is 14.3. The molecule has 0 radical (unpaired) electrons. The fraction of sp³-hybridized carbons (Fsp3) is 0.267. The number of hydrogen-bond acceptors (Lipinski definition) is 2. The molecular weight excluding hydrogens is 318 g/mol. The Kier molecular flexibility index (Phi) is 3.30. The third kappa shape index (κ3) is 2.58. The molecule has 0 atom stereocenters. The van der Waals surface area contributed by atoms with E-state index in [-0.39, 0.29) is 5.91 Å². The molecule has 0 saturated heterocycles. The van der Waals surface area contributed by atoms with Gasteiger partial charge in [0.25, 0.3) is 5.91 Å². The number of carbonyl (C=O) groups excluding carboxylic acids is 1. The third-order valence-electron chi connectivity index (χ3n) is 3.47. The molecule has 1 amide bonds. The predicted octanol–water partition coefficient (Wildman–Crippen LogP) is 3.73. The first-order valence-electron chi connectivity index (χ1n) is 6.59. The molecule has 1 aliphatic carbocycles.